The maximum absolute atomic E-state index is 12.1. The van der Waals surface area contributed by atoms with E-state index in [9.17, 15) is 4.79 Å². The lowest BCUT2D eigenvalue weighted by atomic mass is 10.2. The Kier molecular flexibility index (Phi) is 3.70. The Bertz CT molecular complexity index is 585. The van der Waals surface area contributed by atoms with E-state index >= 15 is 0 Å². The summed E-state index contributed by atoms with van der Waals surface area (Å²) >= 11 is 0. The van der Waals surface area contributed by atoms with Gasteiger partial charge in [-0.2, -0.15) is 0 Å². The van der Waals surface area contributed by atoms with Crippen LogP contribution in [0.5, 0.6) is 0 Å². The van der Waals surface area contributed by atoms with Gasteiger partial charge in [-0.3, -0.25) is 4.79 Å². The van der Waals surface area contributed by atoms with E-state index in [1.807, 2.05) is 24.3 Å². The van der Waals surface area contributed by atoms with E-state index in [0.717, 1.165) is 5.39 Å². The van der Waals surface area contributed by atoms with Crippen LogP contribution < -0.4 is 5.73 Å². The number of amides is 1. The van der Waals surface area contributed by atoms with Crippen LogP contribution in [0, 0.1) is 0 Å². The minimum atomic E-state index is -0.234. The van der Waals surface area contributed by atoms with Gasteiger partial charge in [0.1, 0.15) is 11.4 Å². The summed E-state index contributed by atoms with van der Waals surface area (Å²) in [5.74, 6) is 0.134. The van der Waals surface area contributed by atoms with Crippen LogP contribution in [0.2, 0.25) is 0 Å². The topological polar surface area (TPSA) is 92.1 Å². The summed E-state index contributed by atoms with van der Waals surface area (Å²) in [5, 5.41) is 12.2. The van der Waals surface area contributed by atoms with Crippen LogP contribution in [0.1, 0.15) is 17.0 Å². The van der Waals surface area contributed by atoms with Gasteiger partial charge < -0.3 is 20.3 Å². The van der Waals surface area contributed by atoms with Crippen LogP contribution in [-0.2, 0) is 0 Å². The van der Waals surface area contributed by atoms with Crippen molar-refractivity contribution in [3.8, 4) is 0 Å². The molecule has 0 saturated carbocycles. The first-order chi connectivity index (χ1) is 9.11. The summed E-state index contributed by atoms with van der Waals surface area (Å²) in [6, 6.07) is 9.13. The average Bonchev–Trinajstić information content (AvgIpc) is 2.87. The molecule has 100 valence electrons. The van der Waals surface area contributed by atoms with Crippen molar-refractivity contribution in [3.05, 3.63) is 36.1 Å². The van der Waals surface area contributed by atoms with Gasteiger partial charge in [0.15, 0.2) is 5.76 Å². The molecule has 0 atom stereocenters. The van der Waals surface area contributed by atoms with Crippen molar-refractivity contribution in [2.45, 2.75) is 6.42 Å². The highest BCUT2D eigenvalue weighted by molar-refractivity contribution is 5.96. The smallest absolute Gasteiger partial charge is 0.289 e. The van der Waals surface area contributed by atoms with Gasteiger partial charge in [-0.25, -0.2) is 0 Å². The Morgan fingerprint density at radius 1 is 1.47 bits per heavy atom. The number of para-hydroxylation sites is 1. The number of nitrogens with two attached hydrogens (primary N) is 1. The molecule has 19 heavy (non-hydrogen) atoms. The molecule has 0 radical (unpaired) electrons. The zero-order valence-corrected chi connectivity index (χ0v) is 10.5. The molecule has 0 aliphatic heterocycles. The van der Waals surface area contributed by atoms with E-state index in [0.29, 0.717) is 18.5 Å². The van der Waals surface area contributed by atoms with Crippen molar-refractivity contribution in [2.24, 2.45) is 10.9 Å². The number of rotatable bonds is 4. The molecule has 0 spiro atoms. The summed E-state index contributed by atoms with van der Waals surface area (Å²) in [7, 11) is 1.64. The highest BCUT2D eigenvalue weighted by Gasteiger charge is 2.16. The molecule has 0 saturated heterocycles. The Balaban J connectivity index is 2.10. The fourth-order valence-electron chi connectivity index (χ4n) is 1.71. The zero-order valence-electron chi connectivity index (χ0n) is 10.5. The van der Waals surface area contributed by atoms with Crippen LogP contribution in [0.3, 0.4) is 0 Å². The molecule has 6 heteroatoms. The minimum absolute atomic E-state index is 0.0873. The molecular weight excluding hydrogens is 246 g/mol. The third-order valence-electron chi connectivity index (χ3n) is 2.81. The lowest BCUT2D eigenvalue weighted by Crippen LogP contribution is -2.30. The first kappa shape index (κ1) is 12.9. The molecule has 1 amide bonds. The number of furan rings is 1. The van der Waals surface area contributed by atoms with Gasteiger partial charge in [0.25, 0.3) is 5.91 Å². The summed E-state index contributed by atoms with van der Waals surface area (Å²) < 4.78 is 5.48. The number of nitrogens with zero attached hydrogens (tertiary/aromatic N) is 2. The normalized spacial score (nSPS) is 11.7. The van der Waals surface area contributed by atoms with Crippen molar-refractivity contribution in [3.63, 3.8) is 0 Å². The van der Waals surface area contributed by atoms with Gasteiger partial charge in [-0.15, -0.1) is 0 Å². The number of fused-ring (bicyclic) bond motifs is 1. The predicted octanol–water partition coefficient (Wildman–Crippen LogP) is 1.64. The molecule has 0 fully saturated rings. The van der Waals surface area contributed by atoms with Gasteiger partial charge in [0.2, 0.25) is 0 Å². The van der Waals surface area contributed by atoms with E-state index in [1.165, 1.54) is 4.90 Å². The average molecular weight is 261 g/mol. The predicted molar refractivity (Wildman–Crippen MR) is 71.2 cm³/mol. The molecule has 0 unspecified atom stereocenters. The van der Waals surface area contributed by atoms with Crippen LogP contribution in [0.15, 0.2) is 39.9 Å². The Morgan fingerprint density at radius 2 is 2.21 bits per heavy atom. The summed E-state index contributed by atoms with van der Waals surface area (Å²) in [6.45, 7) is 0.353. The Morgan fingerprint density at radius 3 is 2.89 bits per heavy atom. The summed E-state index contributed by atoms with van der Waals surface area (Å²) in [4.78, 5) is 13.6. The number of amidine groups is 1. The quantitative estimate of drug-likeness (QED) is 0.379. The van der Waals surface area contributed by atoms with Crippen molar-refractivity contribution < 1.29 is 14.4 Å². The summed E-state index contributed by atoms with van der Waals surface area (Å²) in [5.41, 5.74) is 6.04. The number of benzene rings is 1. The fraction of sp³-hybridized carbons (Fsp3) is 0.231. The maximum atomic E-state index is 12.1. The van der Waals surface area contributed by atoms with Gasteiger partial charge in [-0.1, -0.05) is 23.4 Å². The third kappa shape index (κ3) is 2.85. The SMILES string of the molecule is CN(CC/C(N)=N/O)C(=O)c1cc2ccccc2o1. The molecule has 3 N–H and O–H groups in total. The van der Waals surface area contributed by atoms with Gasteiger partial charge in [0, 0.05) is 25.4 Å². The van der Waals surface area contributed by atoms with E-state index in [1.54, 1.807) is 13.1 Å². The molecule has 2 aromatic rings. The first-order valence-electron chi connectivity index (χ1n) is 5.82. The molecule has 0 bridgehead atoms. The molecular formula is C13H15N3O3. The fourth-order valence-corrected chi connectivity index (χ4v) is 1.71. The van der Waals surface area contributed by atoms with E-state index in [4.69, 9.17) is 15.4 Å². The van der Waals surface area contributed by atoms with Crippen LogP contribution in [0.25, 0.3) is 11.0 Å². The van der Waals surface area contributed by atoms with Gasteiger partial charge in [-0.05, 0) is 12.1 Å². The number of oxime groups is 1. The molecule has 6 nitrogen and oxygen atoms in total. The lowest BCUT2D eigenvalue weighted by Gasteiger charge is -2.14. The van der Waals surface area contributed by atoms with E-state index < -0.39 is 0 Å². The second-order valence-electron chi connectivity index (χ2n) is 4.22. The second kappa shape index (κ2) is 5.43. The molecule has 0 aliphatic rings. The Hall–Kier alpha value is -2.50. The first-order valence-corrected chi connectivity index (χ1v) is 5.82. The number of hydrogen-bond acceptors (Lipinski definition) is 4. The van der Waals surface area contributed by atoms with Crippen molar-refractivity contribution in [1.82, 2.24) is 4.90 Å². The standard InChI is InChI=1S/C13H15N3O3/c1-16(7-6-12(14)15-18)13(17)11-8-9-4-2-3-5-10(9)19-11/h2-5,8,18H,6-7H2,1H3,(H2,14,15). The molecule has 0 aliphatic carbocycles. The van der Waals surface area contributed by atoms with Crippen molar-refractivity contribution in [1.29, 1.82) is 0 Å². The number of carbonyl (C=O) groups is 1. The highest BCUT2D eigenvalue weighted by atomic mass is 16.4. The van der Waals surface area contributed by atoms with Gasteiger partial charge >= 0.3 is 0 Å². The second-order valence-corrected chi connectivity index (χ2v) is 4.22. The molecule has 2 rings (SSSR count). The van der Waals surface area contributed by atoms with E-state index in [-0.39, 0.29) is 17.5 Å². The van der Waals surface area contributed by atoms with Gasteiger partial charge in [0.05, 0.1) is 0 Å². The number of carbonyl (C=O) groups excluding carboxylic acids is 1. The van der Waals surface area contributed by atoms with Crippen LogP contribution in [-0.4, -0.2) is 35.4 Å². The third-order valence-corrected chi connectivity index (χ3v) is 2.81. The van der Waals surface area contributed by atoms with Crippen LogP contribution >= 0.6 is 0 Å². The van der Waals surface area contributed by atoms with Crippen molar-refractivity contribution in [2.75, 3.05) is 13.6 Å². The zero-order chi connectivity index (χ0) is 13.8. The Labute approximate surface area is 110 Å². The molecule has 1 heterocycles. The van der Waals surface area contributed by atoms with Crippen molar-refractivity contribution >= 4 is 22.7 Å². The summed E-state index contributed by atoms with van der Waals surface area (Å²) in [6.07, 6.45) is 0.305. The maximum Gasteiger partial charge on any atom is 0.289 e. The lowest BCUT2D eigenvalue weighted by molar-refractivity contribution is 0.0769. The molecule has 1 aromatic carbocycles. The monoisotopic (exact) mass is 261 g/mol. The van der Waals surface area contributed by atoms with E-state index in [2.05, 4.69) is 5.16 Å². The van der Waals surface area contributed by atoms with Crippen LogP contribution in [0.4, 0.5) is 0 Å². The minimum Gasteiger partial charge on any atom is -0.451 e. The highest BCUT2D eigenvalue weighted by Crippen LogP contribution is 2.19. The molecule has 1 aromatic heterocycles. The number of hydrogen-bond donors (Lipinski definition) is 2. The largest absolute Gasteiger partial charge is 0.451 e.